The molecule has 0 aliphatic carbocycles. The lowest BCUT2D eigenvalue weighted by molar-refractivity contribution is -0.122. The van der Waals surface area contributed by atoms with E-state index in [-0.39, 0.29) is 29.2 Å². The Bertz CT molecular complexity index is 1050. The Morgan fingerprint density at radius 1 is 1.31 bits per heavy atom. The maximum absolute atomic E-state index is 14.3. The number of aromatic nitrogens is 2. The highest BCUT2D eigenvalue weighted by molar-refractivity contribution is 6.31. The molecule has 3 rings (SSSR count). The van der Waals surface area contributed by atoms with Crippen LogP contribution in [-0.2, 0) is 11.3 Å². The Morgan fingerprint density at radius 3 is 2.83 bits per heavy atom. The molecule has 0 spiro atoms. The zero-order chi connectivity index (χ0) is 21.0. The molecule has 0 saturated heterocycles. The highest BCUT2D eigenvalue weighted by atomic mass is 35.5. The van der Waals surface area contributed by atoms with Crippen molar-refractivity contribution >= 4 is 39.9 Å². The molecule has 1 amide bonds. The molecule has 1 heterocycles. The average Bonchev–Trinajstić information content (AvgIpc) is 2.74. The number of anilines is 2. The van der Waals surface area contributed by atoms with E-state index in [1.165, 1.54) is 12.4 Å². The van der Waals surface area contributed by atoms with Crippen LogP contribution in [0.5, 0.6) is 5.75 Å². The Hall–Kier alpha value is -2.97. The number of hydrogen-bond acceptors (Lipinski definition) is 6. The molecule has 0 saturated carbocycles. The molecule has 9 heteroatoms. The number of nitrogens with zero attached hydrogens (tertiary/aromatic N) is 2. The van der Waals surface area contributed by atoms with Crippen LogP contribution < -0.4 is 20.7 Å². The summed E-state index contributed by atoms with van der Waals surface area (Å²) in [6.45, 7) is 2.02. The van der Waals surface area contributed by atoms with Crippen molar-refractivity contribution in [2.75, 3.05) is 19.5 Å². The van der Waals surface area contributed by atoms with Crippen LogP contribution in [0, 0.1) is 5.82 Å². The summed E-state index contributed by atoms with van der Waals surface area (Å²) in [5, 5.41) is 9.37. The molecule has 1 atom stereocenters. The van der Waals surface area contributed by atoms with Gasteiger partial charge in [-0.1, -0.05) is 17.7 Å². The van der Waals surface area contributed by atoms with Crippen molar-refractivity contribution in [3.05, 3.63) is 53.1 Å². The van der Waals surface area contributed by atoms with Crippen LogP contribution in [0.3, 0.4) is 0 Å². The second-order valence-corrected chi connectivity index (χ2v) is 6.77. The summed E-state index contributed by atoms with van der Waals surface area (Å²) >= 11 is 5.86. The van der Waals surface area contributed by atoms with Gasteiger partial charge in [-0.25, -0.2) is 14.4 Å². The minimum Gasteiger partial charge on any atom is -0.496 e. The first-order valence-electron chi connectivity index (χ1n) is 8.92. The van der Waals surface area contributed by atoms with E-state index >= 15 is 0 Å². The molecule has 0 bridgehead atoms. The Labute approximate surface area is 172 Å². The SMILES string of the molecule is CN[C@H](C)C(=O)NCc1cc2c(Nc3cccc(Cl)c3F)ncnc2cc1OC. The van der Waals surface area contributed by atoms with Gasteiger partial charge in [0.2, 0.25) is 5.91 Å². The van der Waals surface area contributed by atoms with E-state index in [0.717, 1.165) is 5.56 Å². The van der Waals surface area contributed by atoms with Gasteiger partial charge < -0.3 is 20.7 Å². The van der Waals surface area contributed by atoms with Crippen LogP contribution in [0.4, 0.5) is 15.9 Å². The van der Waals surface area contributed by atoms with Gasteiger partial charge in [-0.2, -0.15) is 0 Å². The predicted molar refractivity (Wildman–Crippen MR) is 111 cm³/mol. The molecule has 0 unspecified atom stereocenters. The topological polar surface area (TPSA) is 88.2 Å². The molecule has 3 aromatic rings. The smallest absolute Gasteiger partial charge is 0.237 e. The number of hydrogen-bond donors (Lipinski definition) is 3. The van der Waals surface area contributed by atoms with Crippen LogP contribution in [0.15, 0.2) is 36.7 Å². The maximum atomic E-state index is 14.3. The number of ether oxygens (including phenoxy) is 1. The average molecular weight is 418 g/mol. The lowest BCUT2D eigenvalue weighted by atomic mass is 10.1. The van der Waals surface area contributed by atoms with Gasteiger partial charge in [0, 0.05) is 23.6 Å². The normalized spacial score (nSPS) is 11.9. The molecule has 1 aromatic heterocycles. The molecule has 0 radical (unpaired) electrons. The number of methoxy groups -OCH3 is 1. The minimum atomic E-state index is -0.567. The van der Waals surface area contributed by atoms with Gasteiger partial charge in [-0.05, 0) is 32.2 Å². The lowest BCUT2D eigenvalue weighted by Crippen LogP contribution is -2.40. The summed E-state index contributed by atoms with van der Waals surface area (Å²) < 4.78 is 19.7. The first kappa shape index (κ1) is 20.8. The standard InChI is InChI=1S/C20H21ClFN5O2/c1-11(23-2)20(28)24-9-12-7-13-16(8-17(12)29-3)25-10-26-19(13)27-15-6-4-5-14(21)18(15)22/h4-8,10-11,23H,9H2,1-3H3,(H,24,28)(H,25,26,27)/t11-/m1/s1. The Kier molecular flexibility index (Phi) is 6.46. The highest BCUT2D eigenvalue weighted by Gasteiger charge is 2.15. The number of fused-ring (bicyclic) bond motifs is 1. The van der Waals surface area contributed by atoms with Crippen molar-refractivity contribution in [2.24, 2.45) is 0 Å². The van der Waals surface area contributed by atoms with Crippen LogP contribution in [0.1, 0.15) is 12.5 Å². The zero-order valence-electron chi connectivity index (χ0n) is 16.2. The molecule has 0 aliphatic rings. The van der Waals surface area contributed by atoms with Gasteiger partial charge >= 0.3 is 0 Å². The summed E-state index contributed by atoms with van der Waals surface area (Å²) in [6, 6.07) is 7.91. The van der Waals surface area contributed by atoms with Gasteiger partial charge in [0.25, 0.3) is 0 Å². The Morgan fingerprint density at radius 2 is 2.10 bits per heavy atom. The van der Waals surface area contributed by atoms with Gasteiger partial charge in [-0.15, -0.1) is 0 Å². The fourth-order valence-electron chi connectivity index (χ4n) is 2.75. The fourth-order valence-corrected chi connectivity index (χ4v) is 2.93. The van der Waals surface area contributed by atoms with Gasteiger partial charge in [0.15, 0.2) is 5.82 Å². The van der Waals surface area contributed by atoms with Gasteiger partial charge in [-0.3, -0.25) is 4.79 Å². The molecular weight excluding hydrogens is 397 g/mol. The Balaban J connectivity index is 1.97. The van der Waals surface area contributed by atoms with Crippen LogP contribution in [0.25, 0.3) is 10.9 Å². The van der Waals surface area contributed by atoms with E-state index < -0.39 is 5.82 Å². The maximum Gasteiger partial charge on any atom is 0.237 e. The predicted octanol–water partition coefficient (Wildman–Crippen LogP) is 3.40. The quantitative estimate of drug-likeness (QED) is 0.546. The third kappa shape index (κ3) is 4.55. The second-order valence-electron chi connectivity index (χ2n) is 6.36. The second kappa shape index (κ2) is 9.02. The van der Waals surface area contributed by atoms with E-state index in [2.05, 4.69) is 25.9 Å². The largest absolute Gasteiger partial charge is 0.496 e. The van der Waals surface area contributed by atoms with Crippen LogP contribution in [0.2, 0.25) is 5.02 Å². The number of benzene rings is 2. The monoisotopic (exact) mass is 417 g/mol. The number of carbonyl (C=O) groups is 1. The van der Waals surface area contributed by atoms with Crippen molar-refractivity contribution in [2.45, 2.75) is 19.5 Å². The van der Waals surface area contributed by atoms with Crippen molar-refractivity contribution in [1.82, 2.24) is 20.6 Å². The number of halogens is 2. The summed E-state index contributed by atoms with van der Waals surface area (Å²) in [4.78, 5) is 20.6. The van der Waals surface area contributed by atoms with Crippen molar-refractivity contribution in [3.63, 3.8) is 0 Å². The van der Waals surface area contributed by atoms with Gasteiger partial charge in [0.05, 0.1) is 29.4 Å². The third-order valence-corrected chi connectivity index (χ3v) is 4.81. The van der Waals surface area contributed by atoms with Crippen molar-refractivity contribution in [1.29, 1.82) is 0 Å². The highest BCUT2D eigenvalue weighted by Crippen LogP contribution is 2.31. The third-order valence-electron chi connectivity index (χ3n) is 4.52. The first-order valence-corrected chi connectivity index (χ1v) is 9.30. The molecule has 7 nitrogen and oxygen atoms in total. The molecule has 152 valence electrons. The van der Waals surface area contributed by atoms with Gasteiger partial charge in [0.1, 0.15) is 17.9 Å². The van der Waals surface area contributed by atoms with E-state index in [0.29, 0.717) is 22.5 Å². The van der Waals surface area contributed by atoms with E-state index in [1.54, 1.807) is 39.3 Å². The lowest BCUT2D eigenvalue weighted by Gasteiger charge is -2.15. The number of likely N-dealkylation sites (N-methyl/N-ethyl adjacent to an activating group) is 1. The van der Waals surface area contributed by atoms with Crippen molar-refractivity contribution in [3.8, 4) is 5.75 Å². The number of rotatable bonds is 7. The van der Waals surface area contributed by atoms with E-state index in [4.69, 9.17) is 16.3 Å². The summed E-state index contributed by atoms with van der Waals surface area (Å²) in [5.74, 6) is 0.282. The number of nitrogens with one attached hydrogen (secondary N) is 3. The molecule has 3 N–H and O–H groups in total. The molecule has 29 heavy (non-hydrogen) atoms. The first-order chi connectivity index (χ1) is 13.9. The van der Waals surface area contributed by atoms with Crippen LogP contribution in [-0.4, -0.2) is 36.1 Å². The van der Waals surface area contributed by atoms with Crippen molar-refractivity contribution < 1.29 is 13.9 Å². The molecule has 0 aliphatic heterocycles. The summed E-state index contributed by atoms with van der Waals surface area (Å²) in [6.07, 6.45) is 1.38. The van der Waals surface area contributed by atoms with E-state index in [9.17, 15) is 9.18 Å². The van der Waals surface area contributed by atoms with Crippen LogP contribution >= 0.6 is 11.6 Å². The summed E-state index contributed by atoms with van der Waals surface area (Å²) in [5.41, 5.74) is 1.55. The molecule has 2 aromatic carbocycles. The fraction of sp³-hybridized carbons (Fsp3) is 0.250. The number of amides is 1. The summed E-state index contributed by atoms with van der Waals surface area (Å²) in [7, 11) is 3.26. The van der Waals surface area contributed by atoms with E-state index in [1.807, 2.05) is 6.07 Å². The zero-order valence-corrected chi connectivity index (χ0v) is 17.0. The molecule has 0 fully saturated rings. The molecular formula is C20H21ClFN5O2. The number of carbonyl (C=O) groups excluding carboxylic acids is 1. The minimum absolute atomic E-state index is 0.0112.